The van der Waals surface area contributed by atoms with Crippen LogP contribution in [0.25, 0.3) is 0 Å². The van der Waals surface area contributed by atoms with Gasteiger partial charge < -0.3 is 0 Å². The van der Waals surface area contributed by atoms with Crippen LogP contribution in [0, 0.1) is 16.9 Å². The van der Waals surface area contributed by atoms with Crippen LogP contribution in [-0.2, 0) is 4.65 Å². The van der Waals surface area contributed by atoms with Crippen molar-refractivity contribution in [2.24, 2.45) is 5.41 Å². The number of hydrogen-bond donors (Lipinski definition) is 0. The van der Waals surface area contributed by atoms with Gasteiger partial charge in [0.15, 0.2) is 0 Å². The summed E-state index contributed by atoms with van der Waals surface area (Å²) in [6.45, 7) is 8.35. The Balaban J connectivity index is 4.30. The normalized spacial score (nSPS) is 11.7. The molecule has 3 heteroatoms. The summed E-state index contributed by atoms with van der Waals surface area (Å²) in [5, 5.41) is 8.16. The molecular formula is C8H14BNO. The van der Waals surface area contributed by atoms with E-state index in [0.29, 0.717) is 0 Å². The third-order valence-corrected chi connectivity index (χ3v) is 1.60. The molecule has 0 rings (SSSR count). The Hall–Kier alpha value is -0.775. The van der Waals surface area contributed by atoms with Crippen LogP contribution in [0.1, 0.15) is 34.1 Å². The molecule has 0 aliphatic rings. The summed E-state index contributed by atoms with van der Waals surface area (Å²) in [5.41, 5.74) is 1.25. The zero-order valence-electron chi connectivity index (χ0n) is 7.64. The van der Waals surface area contributed by atoms with Gasteiger partial charge in [0.05, 0.1) is 0 Å². The van der Waals surface area contributed by atoms with E-state index in [1.165, 1.54) is 0 Å². The van der Waals surface area contributed by atoms with E-state index in [4.69, 9.17) is 5.26 Å². The van der Waals surface area contributed by atoms with E-state index in [0.717, 1.165) is 11.9 Å². The molecule has 0 saturated heterocycles. The predicted molar refractivity (Wildman–Crippen MR) is 47.2 cm³/mol. The Morgan fingerprint density at radius 1 is 1.55 bits per heavy atom. The van der Waals surface area contributed by atoms with Crippen molar-refractivity contribution in [3.05, 3.63) is 0 Å². The zero-order valence-corrected chi connectivity index (χ0v) is 7.64. The Bertz CT molecular complexity index is 185. The van der Waals surface area contributed by atoms with Crippen molar-refractivity contribution in [1.82, 2.24) is 0 Å². The van der Waals surface area contributed by atoms with Crippen LogP contribution >= 0.6 is 0 Å². The van der Waals surface area contributed by atoms with Gasteiger partial charge in [-0.25, -0.2) is 0 Å². The van der Waals surface area contributed by atoms with Gasteiger partial charge in [0, 0.05) is 0 Å². The molecule has 0 spiro atoms. The van der Waals surface area contributed by atoms with E-state index in [1.54, 1.807) is 13.4 Å². The topological polar surface area (TPSA) is 33.0 Å². The molecule has 0 unspecified atom stereocenters. The van der Waals surface area contributed by atoms with Gasteiger partial charge in [-0.2, -0.15) is 0 Å². The standard InChI is InChI=1S/C8H14BNO/c1-5-7(8(2,3)4)9-11-6-10/h5H2,1-4H3. The average Bonchev–Trinajstić information content (AvgIpc) is 1.87. The molecule has 2 nitrogen and oxygen atoms in total. The number of rotatable bonds is 2. The first-order chi connectivity index (χ1) is 5.02. The van der Waals surface area contributed by atoms with Gasteiger partial charge in [0.25, 0.3) is 0 Å². The van der Waals surface area contributed by atoms with Crippen molar-refractivity contribution < 1.29 is 4.65 Å². The van der Waals surface area contributed by atoms with Gasteiger partial charge in [-0.3, -0.25) is 0 Å². The predicted octanol–water partition coefficient (Wildman–Crippen LogP) is 1.73. The minimum atomic E-state index is 0.103. The number of nitrogens with zero attached hydrogens (tertiary/aromatic N) is 1. The molecule has 0 saturated carbocycles. The van der Waals surface area contributed by atoms with Crippen molar-refractivity contribution in [1.29, 1.82) is 5.26 Å². The summed E-state index contributed by atoms with van der Waals surface area (Å²) in [6, 6.07) is 0. The molecule has 0 aliphatic heterocycles. The van der Waals surface area contributed by atoms with E-state index in [-0.39, 0.29) is 5.41 Å². The second-order valence-corrected chi connectivity index (χ2v) is 3.46. The third-order valence-electron chi connectivity index (χ3n) is 1.60. The molecule has 0 atom stereocenters. The van der Waals surface area contributed by atoms with E-state index < -0.39 is 0 Å². The maximum atomic E-state index is 8.16. The second-order valence-electron chi connectivity index (χ2n) is 3.46. The van der Waals surface area contributed by atoms with E-state index in [1.807, 2.05) is 0 Å². The number of nitriles is 1. The molecule has 0 aromatic heterocycles. The fourth-order valence-corrected chi connectivity index (χ4v) is 0.888. The summed E-state index contributed by atoms with van der Waals surface area (Å²) in [7, 11) is 1.54. The SMILES string of the molecule is CCC(=BOC#N)C(C)(C)C. The number of hydrogen-bond acceptors (Lipinski definition) is 2. The van der Waals surface area contributed by atoms with Gasteiger partial charge in [0.2, 0.25) is 0 Å². The van der Waals surface area contributed by atoms with Crippen LogP contribution in [0.5, 0.6) is 0 Å². The van der Waals surface area contributed by atoms with Crippen LogP contribution in [0.3, 0.4) is 0 Å². The molecule has 0 aliphatic carbocycles. The Morgan fingerprint density at radius 2 is 2.09 bits per heavy atom. The van der Waals surface area contributed by atoms with E-state index in [2.05, 4.69) is 32.3 Å². The summed E-state index contributed by atoms with van der Waals surface area (Å²) in [4.78, 5) is 0. The Morgan fingerprint density at radius 3 is 2.36 bits per heavy atom. The van der Waals surface area contributed by atoms with Crippen LogP contribution in [0.4, 0.5) is 0 Å². The molecular weight excluding hydrogens is 137 g/mol. The zero-order chi connectivity index (χ0) is 8.91. The summed E-state index contributed by atoms with van der Waals surface area (Å²) >= 11 is 0. The summed E-state index contributed by atoms with van der Waals surface area (Å²) in [6.07, 6.45) is 2.55. The van der Waals surface area contributed by atoms with Crippen LogP contribution in [-0.4, -0.2) is 12.6 Å². The summed E-state index contributed by atoms with van der Waals surface area (Å²) < 4.78 is 4.56. The molecule has 0 radical (unpaired) electrons. The van der Waals surface area contributed by atoms with Crippen LogP contribution < -0.4 is 0 Å². The molecule has 0 aromatic carbocycles. The monoisotopic (exact) mass is 151 g/mol. The van der Waals surface area contributed by atoms with E-state index in [9.17, 15) is 0 Å². The van der Waals surface area contributed by atoms with Gasteiger partial charge in [-0.1, -0.05) is 0 Å². The Labute approximate surface area is 69.1 Å². The molecule has 60 valence electrons. The van der Waals surface area contributed by atoms with Gasteiger partial charge in [-0.15, -0.1) is 0 Å². The van der Waals surface area contributed by atoms with Crippen molar-refractivity contribution in [2.75, 3.05) is 0 Å². The molecule has 0 heterocycles. The van der Waals surface area contributed by atoms with Gasteiger partial charge in [0.1, 0.15) is 0 Å². The van der Waals surface area contributed by atoms with Gasteiger partial charge >= 0.3 is 68.3 Å². The molecule has 0 aromatic rings. The first kappa shape index (κ1) is 10.2. The Kier molecular flexibility index (Phi) is 3.88. The van der Waals surface area contributed by atoms with Crippen LogP contribution in [0.15, 0.2) is 0 Å². The van der Waals surface area contributed by atoms with E-state index >= 15 is 0 Å². The van der Waals surface area contributed by atoms with Crippen molar-refractivity contribution >= 4 is 12.6 Å². The third kappa shape index (κ3) is 3.82. The molecule has 0 bridgehead atoms. The fourth-order valence-electron chi connectivity index (χ4n) is 0.888. The average molecular weight is 151 g/mol. The first-order valence-electron chi connectivity index (χ1n) is 3.76. The molecule has 0 N–H and O–H groups in total. The van der Waals surface area contributed by atoms with Crippen molar-refractivity contribution in [3.8, 4) is 6.26 Å². The quantitative estimate of drug-likeness (QED) is 0.444. The van der Waals surface area contributed by atoms with Crippen molar-refractivity contribution in [3.63, 3.8) is 0 Å². The van der Waals surface area contributed by atoms with Crippen molar-refractivity contribution in [2.45, 2.75) is 34.1 Å². The first-order valence-corrected chi connectivity index (χ1v) is 3.76. The molecule has 11 heavy (non-hydrogen) atoms. The summed E-state index contributed by atoms with van der Waals surface area (Å²) in [5.74, 6) is 0. The van der Waals surface area contributed by atoms with Gasteiger partial charge in [-0.05, 0) is 0 Å². The minimum absolute atomic E-state index is 0.103. The molecule has 0 fully saturated rings. The maximum absolute atomic E-state index is 8.16. The fraction of sp³-hybridized carbons (Fsp3) is 0.750. The molecule has 0 amide bonds. The van der Waals surface area contributed by atoms with Crippen LogP contribution in [0.2, 0.25) is 0 Å². The second kappa shape index (κ2) is 4.18.